The van der Waals surface area contributed by atoms with Gasteiger partial charge in [0.15, 0.2) is 0 Å². The topological polar surface area (TPSA) is 38.0 Å². The van der Waals surface area contributed by atoms with Crippen molar-refractivity contribution < 1.29 is 13.2 Å². The summed E-state index contributed by atoms with van der Waals surface area (Å²) >= 11 is 9.29. The number of hydrogen-bond acceptors (Lipinski definition) is 2. The second kappa shape index (κ2) is 6.75. The summed E-state index contributed by atoms with van der Waals surface area (Å²) in [5.74, 6) is 5.37. The monoisotopic (exact) mass is 344 g/mol. The maximum absolute atomic E-state index is 12.1. The van der Waals surface area contributed by atoms with Crippen LogP contribution in [0.15, 0.2) is 22.7 Å². The molecule has 2 nitrogen and oxygen atoms in total. The Balaban J connectivity index is 2.68. The smallest absolute Gasteiger partial charge is 0.271 e. The van der Waals surface area contributed by atoms with Gasteiger partial charge in [0.25, 0.3) is 0 Å². The molecule has 0 aliphatic heterocycles. The molecule has 1 unspecified atom stereocenters. The third-order valence-electron chi connectivity index (χ3n) is 2.49. The van der Waals surface area contributed by atoms with Gasteiger partial charge in [-0.2, -0.15) is 13.2 Å². The van der Waals surface area contributed by atoms with E-state index in [-0.39, 0.29) is 12.8 Å². The number of alkyl halides is 3. The molecule has 0 aliphatic carbocycles. The highest BCUT2D eigenvalue weighted by Crippen LogP contribution is 2.31. The zero-order chi connectivity index (χ0) is 13.8. The Morgan fingerprint density at radius 1 is 1.39 bits per heavy atom. The lowest BCUT2D eigenvalue weighted by Crippen LogP contribution is -2.28. The average Bonchev–Trinajstić information content (AvgIpc) is 2.27. The maximum atomic E-state index is 12.1. The van der Waals surface area contributed by atoms with Crippen molar-refractivity contribution in [1.82, 2.24) is 5.43 Å². The molecule has 0 heterocycles. The molecule has 0 aliphatic rings. The van der Waals surface area contributed by atoms with Gasteiger partial charge in [0.1, 0.15) is 0 Å². The minimum atomic E-state index is -4.14. The van der Waals surface area contributed by atoms with Gasteiger partial charge >= 0.3 is 6.18 Å². The molecule has 0 amide bonds. The van der Waals surface area contributed by atoms with Crippen LogP contribution in [-0.2, 0) is 0 Å². The summed E-state index contributed by atoms with van der Waals surface area (Å²) < 4.78 is 37.0. The summed E-state index contributed by atoms with van der Waals surface area (Å²) in [7, 11) is 0. The summed E-state index contributed by atoms with van der Waals surface area (Å²) in [6, 6.07) is 4.79. The van der Waals surface area contributed by atoms with Crippen molar-refractivity contribution in [1.29, 1.82) is 0 Å². The van der Waals surface area contributed by atoms with Crippen molar-refractivity contribution in [3.8, 4) is 0 Å². The van der Waals surface area contributed by atoms with Crippen LogP contribution in [0.25, 0.3) is 0 Å². The second-order valence-electron chi connectivity index (χ2n) is 3.89. The van der Waals surface area contributed by atoms with Gasteiger partial charge in [0.2, 0.25) is 0 Å². The first-order chi connectivity index (χ1) is 8.33. The minimum absolute atomic E-state index is 0.00120. The Morgan fingerprint density at radius 2 is 2.06 bits per heavy atom. The van der Waals surface area contributed by atoms with Crippen molar-refractivity contribution in [3.05, 3.63) is 33.3 Å². The molecule has 0 aromatic heterocycles. The van der Waals surface area contributed by atoms with Crippen molar-refractivity contribution in [3.63, 3.8) is 0 Å². The fourth-order valence-electron chi connectivity index (χ4n) is 1.62. The lowest BCUT2D eigenvalue weighted by molar-refractivity contribution is -0.135. The molecular formula is C11H13BrClF3N2. The predicted molar refractivity (Wildman–Crippen MR) is 69.1 cm³/mol. The van der Waals surface area contributed by atoms with E-state index in [0.717, 1.165) is 4.47 Å². The summed E-state index contributed by atoms with van der Waals surface area (Å²) in [6.07, 6.45) is -4.69. The predicted octanol–water partition coefficient (Wildman–Crippen LogP) is 4.34. The van der Waals surface area contributed by atoms with E-state index in [1.165, 1.54) is 0 Å². The van der Waals surface area contributed by atoms with Gasteiger partial charge in [-0.3, -0.25) is 11.3 Å². The number of nitrogens with one attached hydrogen (secondary N) is 1. The van der Waals surface area contributed by atoms with E-state index < -0.39 is 18.6 Å². The highest BCUT2D eigenvalue weighted by molar-refractivity contribution is 9.10. The largest absolute Gasteiger partial charge is 0.389 e. The van der Waals surface area contributed by atoms with E-state index in [2.05, 4.69) is 21.4 Å². The molecule has 1 aromatic rings. The number of rotatable bonds is 5. The van der Waals surface area contributed by atoms with Gasteiger partial charge in [-0.25, -0.2) is 0 Å². The van der Waals surface area contributed by atoms with Crippen LogP contribution in [0.2, 0.25) is 5.02 Å². The number of hydrogen-bond donors (Lipinski definition) is 2. The van der Waals surface area contributed by atoms with E-state index in [4.69, 9.17) is 17.4 Å². The zero-order valence-corrected chi connectivity index (χ0v) is 11.7. The van der Waals surface area contributed by atoms with E-state index in [0.29, 0.717) is 10.6 Å². The van der Waals surface area contributed by atoms with E-state index in [1.807, 2.05) is 0 Å². The first-order valence-corrected chi connectivity index (χ1v) is 6.48. The first-order valence-electron chi connectivity index (χ1n) is 5.31. The van der Waals surface area contributed by atoms with Crippen LogP contribution in [0.5, 0.6) is 0 Å². The molecule has 7 heteroatoms. The van der Waals surface area contributed by atoms with Crippen LogP contribution in [0, 0.1) is 0 Å². The molecule has 3 N–H and O–H groups in total. The number of halogens is 5. The number of benzene rings is 1. The molecule has 0 saturated carbocycles. The molecule has 0 bridgehead atoms. The lowest BCUT2D eigenvalue weighted by Gasteiger charge is -2.18. The molecule has 18 heavy (non-hydrogen) atoms. The molecule has 1 rings (SSSR count). The van der Waals surface area contributed by atoms with Crippen LogP contribution in [0.3, 0.4) is 0 Å². The van der Waals surface area contributed by atoms with E-state index >= 15 is 0 Å². The highest BCUT2D eigenvalue weighted by atomic mass is 79.9. The maximum Gasteiger partial charge on any atom is 0.389 e. The van der Waals surface area contributed by atoms with Gasteiger partial charge in [0.05, 0.1) is 0 Å². The normalized spacial score (nSPS) is 13.7. The Kier molecular flexibility index (Phi) is 5.91. The Bertz CT molecular complexity index is 398. The Morgan fingerprint density at radius 3 is 2.61 bits per heavy atom. The van der Waals surface area contributed by atoms with Crippen LogP contribution in [-0.4, -0.2) is 6.18 Å². The Labute approximate surface area is 117 Å². The van der Waals surface area contributed by atoms with Crippen LogP contribution >= 0.6 is 27.5 Å². The third-order valence-corrected chi connectivity index (χ3v) is 3.33. The Hall–Kier alpha value is -0.300. The minimum Gasteiger partial charge on any atom is -0.271 e. The first kappa shape index (κ1) is 15.8. The van der Waals surface area contributed by atoms with Gasteiger partial charge in [-0.05, 0) is 36.6 Å². The summed E-state index contributed by atoms with van der Waals surface area (Å²) in [5.41, 5.74) is 3.19. The molecule has 0 spiro atoms. The van der Waals surface area contributed by atoms with Crippen molar-refractivity contribution in [2.45, 2.75) is 31.5 Å². The van der Waals surface area contributed by atoms with Gasteiger partial charge in [0, 0.05) is 22.0 Å². The SMILES string of the molecule is NNC(CCCC(F)(F)F)c1cc(Br)ccc1Cl. The van der Waals surface area contributed by atoms with E-state index in [1.54, 1.807) is 18.2 Å². The fraction of sp³-hybridized carbons (Fsp3) is 0.455. The average molecular weight is 346 g/mol. The van der Waals surface area contributed by atoms with Gasteiger partial charge in [-0.15, -0.1) is 0 Å². The second-order valence-corrected chi connectivity index (χ2v) is 5.22. The molecular weight excluding hydrogens is 332 g/mol. The standard InChI is InChI=1S/C11H13BrClF3N2/c12-7-3-4-9(13)8(6-7)10(18-17)2-1-5-11(14,15)16/h3-4,6,10,18H,1-2,5,17H2. The van der Waals surface area contributed by atoms with E-state index in [9.17, 15) is 13.2 Å². The van der Waals surface area contributed by atoms with Crippen molar-refractivity contribution >= 4 is 27.5 Å². The molecule has 1 aromatic carbocycles. The molecule has 0 fully saturated rings. The van der Waals surface area contributed by atoms with Crippen molar-refractivity contribution in [2.24, 2.45) is 5.84 Å². The number of hydrazine groups is 1. The van der Waals surface area contributed by atoms with Crippen LogP contribution in [0.1, 0.15) is 30.9 Å². The zero-order valence-electron chi connectivity index (χ0n) is 9.40. The summed E-state index contributed by atoms with van der Waals surface area (Å²) in [5, 5.41) is 0.480. The third kappa shape index (κ3) is 5.14. The molecule has 1 atom stereocenters. The quantitative estimate of drug-likeness (QED) is 0.615. The van der Waals surface area contributed by atoms with Crippen molar-refractivity contribution in [2.75, 3.05) is 0 Å². The molecule has 0 saturated heterocycles. The summed E-state index contributed by atoms with van der Waals surface area (Å²) in [4.78, 5) is 0. The summed E-state index contributed by atoms with van der Waals surface area (Å²) in [6.45, 7) is 0. The molecule has 0 radical (unpaired) electrons. The fourth-order valence-corrected chi connectivity index (χ4v) is 2.24. The number of nitrogens with two attached hydrogens (primary N) is 1. The van der Waals surface area contributed by atoms with Crippen LogP contribution in [0.4, 0.5) is 13.2 Å². The molecule has 102 valence electrons. The lowest BCUT2D eigenvalue weighted by atomic mass is 10.0. The highest BCUT2D eigenvalue weighted by Gasteiger charge is 2.27. The van der Waals surface area contributed by atoms with Gasteiger partial charge in [-0.1, -0.05) is 27.5 Å². The van der Waals surface area contributed by atoms with Gasteiger partial charge < -0.3 is 0 Å². The van der Waals surface area contributed by atoms with Crippen LogP contribution < -0.4 is 11.3 Å².